The van der Waals surface area contributed by atoms with Gasteiger partial charge in [-0.2, -0.15) is 0 Å². The predicted octanol–water partition coefficient (Wildman–Crippen LogP) is 1.66. The number of nitrogens with zero attached hydrogens (tertiary/aromatic N) is 1. The molecule has 1 rings (SSSR count). The van der Waals surface area contributed by atoms with E-state index in [2.05, 4.69) is 15.9 Å². The van der Waals surface area contributed by atoms with Crippen molar-refractivity contribution in [1.82, 2.24) is 4.57 Å². The molecule has 0 aromatic carbocycles. The Labute approximate surface area is 92.1 Å². The summed E-state index contributed by atoms with van der Waals surface area (Å²) >= 11 is 3.39. The van der Waals surface area contributed by atoms with Gasteiger partial charge >= 0.3 is 0 Å². The fourth-order valence-corrected chi connectivity index (χ4v) is 1.56. The highest BCUT2D eigenvalue weighted by molar-refractivity contribution is 9.10. The van der Waals surface area contributed by atoms with Gasteiger partial charge in [-0.15, -0.1) is 0 Å². The lowest BCUT2D eigenvalue weighted by atomic mass is 10.1. The number of halogens is 1. The molecular weight excluding hydrogens is 244 g/mol. The lowest BCUT2D eigenvalue weighted by Gasteiger charge is -2.20. The maximum absolute atomic E-state index is 11.6. The molecule has 0 aliphatic heterocycles. The Kier molecular flexibility index (Phi) is 3.17. The van der Waals surface area contributed by atoms with E-state index in [4.69, 9.17) is 5.73 Å². The van der Waals surface area contributed by atoms with Crippen LogP contribution in [0.15, 0.2) is 21.5 Å². The first-order valence-corrected chi connectivity index (χ1v) is 5.24. The Bertz CT molecular complexity index is 390. The van der Waals surface area contributed by atoms with Crippen molar-refractivity contribution in [2.24, 2.45) is 5.73 Å². The largest absolute Gasteiger partial charge is 0.324 e. The van der Waals surface area contributed by atoms with Crippen molar-refractivity contribution in [1.29, 1.82) is 0 Å². The summed E-state index contributed by atoms with van der Waals surface area (Å²) in [6.07, 6.45) is 1.78. The van der Waals surface area contributed by atoms with Crippen LogP contribution in [-0.4, -0.2) is 10.1 Å². The Balaban J connectivity index is 3.11. The summed E-state index contributed by atoms with van der Waals surface area (Å²) in [4.78, 5) is 11.6. The number of pyridine rings is 1. The summed E-state index contributed by atoms with van der Waals surface area (Å²) < 4.78 is 2.55. The van der Waals surface area contributed by atoms with Gasteiger partial charge in [0, 0.05) is 28.8 Å². The highest BCUT2D eigenvalue weighted by Gasteiger charge is 2.12. The minimum Gasteiger partial charge on any atom is -0.324 e. The third-order valence-electron chi connectivity index (χ3n) is 1.85. The van der Waals surface area contributed by atoms with E-state index in [0.717, 1.165) is 10.0 Å². The number of hydrogen-bond donors (Lipinski definition) is 1. The van der Waals surface area contributed by atoms with E-state index >= 15 is 0 Å². The topological polar surface area (TPSA) is 48.0 Å². The smallest absolute Gasteiger partial charge is 0.250 e. The van der Waals surface area contributed by atoms with Gasteiger partial charge in [-0.25, -0.2) is 0 Å². The second kappa shape index (κ2) is 3.87. The fourth-order valence-electron chi connectivity index (χ4n) is 1.20. The van der Waals surface area contributed by atoms with Gasteiger partial charge in [0.25, 0.3) is 5.56 Å². The van der Waals surface area contributed by atoms with Crippen LogP contribution in [0.2, 0.25) is 0 Å². The summed E-state index contributed by atoms with van der Waals surface area (Å²) in [5.74, 6) is 0. The molecule has 0 spiro atoms. The van der Waals surface area contributed by atoms with Crippen molar-refractivity contribution in [3.63, 3.8) is 0 Å². The summed E-state index contributed by atoms with van der Waals surface area (Å²) in [5, 5.41) is 0. The lowest BCUT2D eigenvalue weighted by Crippen LogP contribution is -2.40. The quantitative estimate of drug-likeness (QED) is 0.878. The third-order valence-corrected chi connectivity index (χ3v) is 2.68. The number of aromatic nitrogens is 1. The molecule has 0 fully saturated rings. The maximum Gasteiger partial charge on any atom is 0.250 e. The van der Waals surface area contributed by atoms with Gasteiger partial charge in [0.15, 0.2) is 0 Å². The van der Waals surface area contributed by atoms with Crippen LogP contribution in [0.4, 0.5) is 0 Å². The number of nitrogens with two attached hydrogens (primary N) is 1. The maximum atomic E-state index is 11.6. The zero-order chi connectivity index (χ0) is 10.9. The number of aryl methyl sites for hydroxylation is 1. The second-order valence-electron chi connectivity index (χ2n) is 4.26. The molecule has 78 valence electrons. The van der Waals surface area contributed by atoms with E-state index in [-0.39, 0.29) is 11.1 Å². The first-order valence-electron chi connectivity index (χ1n) is 4.45. The van der Waals surface area contributed by atoms with E-state index in [1.54, 1.807) is 16.8 Å². The van der Waals surface area contributed by atoms with Crippen molar-refractivity contribution in [3.05, 3.63) is 32.7 Å². The van der Waals surface area contributed by atoms with Gasteiger partial charge in [0.05, 0.1) is 0 Å². The van der Waals surface area contributed by atoms with Crippen molar-refractivity contribution >= 4 is 15.9 Å². The van der Waals surface area contributed by atoms with Gasteiger partial charge in [-0.05, 0) is 42.3 Å². The van der Waals surface area contributed by atoms with E-state index in [1.165, 1.54) is 0 Å². The van der Waals surface area contributed by atoms with Crippen LogP contribution < -0.4 is 11.3 Å². The molecule has 0 aliphatic carbocycles. The van der Waals surface area contributed by atoms with Gasteiger partial charge in [0.2, 0.25) is 0 Å². The first kappa shape index (κ1) is 11.5. The van der Waals surface area contributed by atoms with Crippen molar-refractivity contribution in [3.8, 4) is 0 Å². The molecule has 0 bridgehead atoms. The predicted molar refractivity (Wildman–Crippen MR) is 61.4 cm³/mol. The number of hydrogen-bond acceptors (Lipinski definition) is 2. The summed E-state index contributed by atoms with van der Waals surface area (Å²) in [7, 11) is 0. The average Bonchev–Trinajstić information content (AvgIpc) is 1.97. The van der Waals surface area contributed by atoms with Crippen molar-refractivity contribution < 1.29 is 0 Å². The van der Waals surface area contributed by atoms with Crippen LogP contribution in [-0.2, 0) is 6.54 Å². The molecule has 1 heterocycles. The molecule has 0 radical (unpaired) electrons. The molecule has 3 nitrogen and oxygen atoms in total. The normalized spacial score (nSPS) is 11.8. The van der Waals surface area contributed by atoms with E-state index in [9.17, 15) is 4.79 Å². The molecule has 0 unspecified atom stereocenters. The molecular formula is C10H15BrN2O. The van der Waals surface area contributed by atoms with Gasteiger partial charge in [-0.1, -0.05) is 0 Å². The van der Waals surface area contributed by atoms with E-state index in [0.29, 0.717) is 6.54 Å². The van der Waals surface area contributed by atoms with Gasteiger partial charge in [0.1, 0.15) is 0 Å². The minimum atomic E-state index is -0.376. The van der Waals surface area contributed by atoms with Crippen molar-refractivity contribution in [2.75, 3.05) is 0 Å². The summed E-state index contributed by atoms with van der Waals surface area (Å²) in [6, 6.07) is 1.61. The lowest BCUT2D eigenvalue weighted by molar-refractivity contribution is 0.425. The molecule has 1 aromatic rings. The molecule has 0 atom stereocenters. The van der Waals surface area contributed by atoms with Crippen LogP contribution in [0.25, 0.3) is 0 Å². The van der Waals surface area contributed by atoms with E-state index < -0.39 is 0 Å². The van der Waals surface area contributed by atoms with Crippen LogP contribution >= 0.6 is 15.9 Å². The van der Waals surface area contributed by atoms with Gasteiger partial charge in [-0.3, -0.25) is 4.79 Å². The second-order valence-corrected chi connectivity index (χ2v) is 5.11. The van der Waals surface area contributed by atoms with E-state index in [1.807, 2.05) is 20.8 Å². The summed E-state index contributed by atoms with van der Waals surface area (Å²) in [6.45, 7) is 6.20. The average molecular weight is 259 g/mol. The molecule has 0 saturated heterocycles. The van der Waals surface area contributed by atoms with Crippen molar-refractivity contribution in [2.45, 2.75) is 32.9 Å². The van der Waals surface area contributed by atoms with Crippen LogP contribution in [0, 0.1) is 6.92 Å². The SMILES string of the molecule is Cc1cc(=O)n(CC(C)(C)N)cc1Br. The van der Waals surface area contributed by atoms with Crippen LogP contribution in [0.5, 0.6) is 0 Å². The van der Waals surface area contributed by atoms with Crippen LogP contribution in [0.1, 0.15) is 19.4 Å². The molecule has 1 aromatic heterocycles. The summed E-state index contributed by atoms with van der Waals surface area (Å²) in [5.41, 5.74) is 6.41. The molecule has 4 heteroatoms. The molecule has 2 N–H and O–H groups in total. The zero-order valence-electron chi connectivity index (χ0n) is 8.67. The molecule has 14 heavy (non-hydrogen) atoms. The third kappa shape index (κ3) is 2.96. The first-order chi connectivity index (χ1) is 6.29. The molecule has 0 amide bonds. The Morgan fingerprint density at radius 1 is 1.57 bits per heavy atom. The molecule has 0 saturated carbocycles. The van der Waals surface area contributed by atoms with Crippen LogP contribution in [0.3, 0.4) is 0 Å². The zero-order valence-corrected chi connectivity index (χ0v) is 10.3. The monoisotopic (exact) mass is 258 g/mol. The Morgan fingerprint density at radius 2 is 2.14 bits per heavy atom. The molecule has 0 aliphatic rings. The highest BCUT2D eigenvalue weighted by atomic mass is 79.9. The highest BCUT2D eigenvalue weighted by Crippen LogP contribution is 2.13. The van der Waals surface area contributed by atoms with Gasteiger partial charge < -0.3 is 10.3 Å². The number of rotatable bonds is 2. The standard InChI is InChI=1S/C10H15BrN2O/c1-7-4-9(14)13(5-8(7)11)6-10(2,3)12/h4-5H,6,12H2,1-3H3. The minimum absolute atomic E-state index is 0.00998. The fraction of sp³-hybridized carbons (Fsp3) is 0.500. The Morgan fingerprint density at radius 3 is 2.64 bits per heavy atom. The Hall–Kier alpha value is -0.610.